The van der Waals surface area contributed by atoms with Crippen LogP contribution >= 0.6 is 7.14 Å². The van der Waals surface area contributed by atoms with Crippen LogP contribution in [0, 0.1) is 5.92 Å². The van der Waals surface area contributed by atoms with Crippen LogP contribution in [0.4, 0.5) is 0 Å². The molecule has 1 atom stereocenters. The molecule has 0 rings (SSSR count). The summed E-state index contributed by atoms with van der Waals surface area (Å²) in [6.45, 7) is 8.13. The minimum absolute atomic E-state index is 0.584. The van der Waals surface area contributed by atoms with Crippen molar-refractivity contribution >= 4 is 7.14 Å². The lowest BCUT2D eigenvalue weighted by Gasteiger charge is -2.11. The standard InChI is InChI=1S/C7H17OP/c1-5-9(4,8)6-7(2)3/h7H,5-6H2,1-4H3. The molecule has 0 N–H and O–H groups in total. The summed E-state index contributed by atoms with van der Waals surface area (Å²) in [6.07, 6.45) is 1.76. The molecule has 0 fully saturated rings. The van der Waals surface area contributed by atoms with Gasteiger partial charge in [-0.3, -0.25) is 0 Å². The highest BCUT2D eigenvalue weighted by Gasteiger charge is 2.12. The van der Waals surface area contributed by atoms with Crippen molar-refractivity contribution in [1.29, 1.82) is 0 Å². The summed E-state index contributed by atoms with van der Waals surface area (Å²) in [6, 6.07) is 0. The number of hydrogen-bond acceptors (Lipinski definition) is 1. The second-order valence-electron chi connectivity index (χ2n) is 3.19. The van der Waals surface area contributed by atoms with E-state index >= 15 is 0 Å². The maximum atomic E-state index is 11.4. The molecule has 0 aromatic rings. The Kier molecular flexibility index (Phi) is 3.50. The lowest BCUT2D eigenvalue weighted by molar-refractivity contribution is 0.570. The van der Waals surface area contributed by atoms with Crippen LogP contribution in [-0.2, 0) is 4.57 Å². The van der Waals surface area contributed by atoms with Crippen LogP contribution in [0.5, 0.6) is 0 Å². The van der Waals surface area contributed by atoms with Gasteiger partial charge in [0.15, 0.2) is 0 Å². The van der Waals surface area contributed by atoms with Gasteiger partial charge in [0, 0.05) is 6.16 Å². The monoisotopic (exact) mass is 148 g/mol. The first kappa shape index (κ1) is 9.23. The van der Waals surface area contributed by atoms with Crippen molar-refractivity contribution in [3.8, 4) is 0 Å². The van der Waals surface area contributed by atoms with Gasteiger partial charge in [0.1, 0.15) is 0 Å². The van der Waals surface area contributed by atoms with E-state index in [1.165, 1.54) is 0 Å². The Balaban J connectivity index is 3.73. The van der Waals surface area contributed by atoms with E-state index in [-0.39, 0.29) is 0 Å². The molecule has 0 aromatic heterocycles. The first-order chi connectivity index (χ1) is 3.98. The molecular formula is C7H17OP. The predicted molar refractivity (Wildman–Crippen MR) is 43.8 cm³/mol. The average molecular weight is 148 g/mol. The van der Waals surface area contributed by atoms with Gasteiger partial charge in [0.2, 0.25) is 0 Å². The van der Waals surface area contributed by atoms with Crippen LogP contribution in [0.15, 0.2) is 0 Å². The summed E-state index contributed by atoms with van der Waals surface area (Å²) in [5.74, 6) is 0.584. The molecule has 0 bridgehead atoms. The van der Waals surface area contributed by atoms with Crippen LogP contribution in [0.25, 0.3) is 0 Å². The maximum Gasteiger partial charge on any atom is 0.0848 e. The summed E-state index contributed by atoms with van der Waals surface area (Å²) in [5.41, 5.74) is 0. The zero-order chi connectivity index (χ0) is 7.49. The second kappa shape index (κ2) is 3.41. The fourth-order valence-electron chi connectivity index (χ4n) is 0.902. The first-order valence-corrected chi connectivity index (χ1v) is 6.06. The van der Waals surface area contributed by atoms with Crippen LogP contribution in [0.3, 0.4) is 0 Å². The van der Waals surface area contributed by atoms with E-state index in [0.717, 1.165) is 12.3 Å². The molecule has 0 heterocycles. The zero-order valence-electron chi connectivity index (χ0n) is 6.85. The van der Waals surface area contributed by atoms with Crippen molar-refractivity contribution in [3.05, 3.63) is 0 Å². The Morgan fingerprint density at radius 1 is 1.44 bits per heavy atom. The van der Waals surface area contributed by atoms with Crippen molar-refractivity contribution in [2.24, 2.45) is 5.92 Å². The Bertz CT molecular complexity index is 118. The fraction of sp³-hybridized carbons (Fsp3) is 1.00. The van der Waals surface area contributed by atoms with Crippen molar-refractivity contribution < 1.29 is 4.57 Å². The van der Waals surface area contributed by atoms with Crippen molar-refractivity contribution in [1.82, 2.24) is 0 Å². The Labute approximate surface area is 58.2 Å². The van der Waals surface area contributed by atoms with Gasteiger partial charge in [-0.05, 0) is 18.7 Å². The lowest BCUT2D eigenvalue weighted by atomic mass is 10.3. The summed E-state index contributed by atoms with van der Waals surface area (Å²) >= 11 is 0. The van der Waals surface area contributed by atoms with Crippen LogP contribution < -0.4 is 0 Å². The maximum absolute atomic E-state index is 11.4. The summed E-state index contributed by atoms with van der Waals surface area (Å²) < 4.78 is 11.4. The third-order valence-electron chi connectivity index (χ3n) is 1.42. The molecule has 0 aliphatic rings. The third kappa shape index (κ3) is 4.72. The molecule has 56 valence electrons. The fourth-order valence-corrected chi connectivity index (χ4v) is 2.70. The second-order valence-corrected chi connectivity index (χ2v) is 6.78. The summed E-state index contributed by atoms with van der Waals surface area (Å²) in [5, 5.41) is 0. The van der Waals surface area contributed by atoms with E-state index in [1.807, 2.05) is 13.6 Å². The van der Waals surface area contributed by atoms with Gasteiger partial charge in [-0.1, -0.05) is 20.8 Å². The van der Waals surface area contributed by atoms with E-state index in [2.05, 4.69) is 13.8 Å². The molecule has 0 amide bonds. The summed E-state index contributed by atoms with van der Waals surface area (Å²) in [4.78, 5) is 0. The van der Waals surface area contributed by atoms with Crippen molar-refractivity contribution in [2.45, 2.75) is 20.8 Å². The minimum atomic E-state index is -1.73. The summed E-state index contributed by atoms with van der Waals surface area (Å²) in [7, 11) is -1.73. The van der Waals surface area contributed by atoms with Gasteiger partial charge in [-0.15, -0.1) is 0 Å². The van der Waals surface area contributed by atoms with Crippen molar-refractivity contribution in [2.75, 3.05) is 19.0 Å². The average Bonchev–Trinajstić information content (AvgIpc) is 1.63. The van der Waals surface area contributed by atoms with Gasteiger partial charge in [0.25, 0.3) is 0 Å². The first-order valence-electron chi connectivity index (χ1n) is 3.53. The zero-order valence-corrected chi connectivity index (χ0v) is 7.74. The van der Waals surface area contributed by atoms with E-state index < -0.39 is 7.14 Å². The molecule has 9 heavy (non-hydrogen) atoms. The van der Waals surface area contributed by atoms with Gasteiger partial charge in [-0.25, -0.2) is 0 Å². The number of rotatable bonds is 3. The topological polar surface area (TPSA) is 17.1 Å². The molecule has 0 spiro atoms. The molecule has 0 aromatic carbocycles. The molecular weight excluding hydrogens is 131 g/mol. The van der Waals surface area contributed by atoms with Gasteiger partial charge >= 0.3 is 0 Å². The predicted octanol–water partition coefficient (Wildman–Crippen LogP) is 2.66. The molecule has 0 aliphatic carbocycles. The van der Waals surface area contributed by atoms with E-state index in [1.54, 1.807) is 0 Å². The van der Waals surface area contributed by atoms with E-state index in [9.17, 15) is 4.57 Å². The van der Waals surface area contributed by atoms with Gasteiger partial charge in [-0.2, -0.15) is 0 Å². The Hall–Kier alpha value is 0.230. The minimum Gasteiger partial charge on any atom is -0.324 e. The Morgan fingerprint density at radius 2 is 1.89 bits per heavy atom. The third-order valence-corrected chi connectivity index (χ3v) is 4.26. The lowest BCUT2D eigenvalue weighted by Crippen LogP contribution is -1.98. The van der Waals surface area contributed by atoms with Crippen LogP contribution in [-0.4, -0.2) is 19.0 Å². The highest BCUT2D eigenvalue weighted by molar-refractivity contribution is 7.63. The quantitative estimate of drug-likeness (QED) is 0.562. The van der Waals surface area contributed by atoms with Crippen LogP contribution in [0.2, 0.25) is 0 Å². The molecule has 0 radical (unpaired) electrons. The van der Waals surface area contributed by atoms with E-state index in [4.69, 9.17) is 0 Å². The smallest absolute Gasteiger partial charge is 0.0848 e. The molecule has 1 nitrogen and oxygen atoms in total. The van der Waals surface area contributed by atoms with Gasteiger partial charge < -0.3 is 4.57 Å². The van der Waals surface area contributed by atoms with Gasteiger partial charge in [0.05, 0.1) is 7.14 Å². The highest BCUT2D eigenvalue weighted by atomic mass is 31.2. The highest BCUT2D eigenvalue weighted by Crippen LogP contribution is 2.41. The van der Waals surface area contributed by atoms with E-state index in [0.29, 0.717) is 5.92 Å². The molecule has 1 unspecified atom stereocenters. The van der Waals surface area contributed by atoms with Crippen molar-refractivity contribution in [3.63, 3.8) is 0 Å². The largest absolute Gasteiger partial charge is 0.324 e. The van der Waals surface area contributed by atoms with Crippen LogP contribution in [0.1, 0.15) is 20.8 Å². The Morgan fingerprint density at radius 3 is 2.00 bits per heavy atom. The SMILES string of the molecule is CCP(C)(=O)CC(C)C. The molecule has 0 saturated heterocycles. The molecule has 0 saturated carbocycles. The molecule has 0 aliphatic heterocycles. The number of hydrogen-bond donors (Lipinski definition) is 0. The molecule has 2 heteroatoms. The normalized spacial score (nSPS) is 17.9.